The Balaban J connectivity index is 2.21. The molecular formula is C22H26N4O3. The number of imidazole rings is 1. The molecule has 0 atom stereocenters. The summed E-state index contributed by atoms with van der Waals surface area (Å²) in [7, 11) is 0. The van der Waals surface area contributed by atoms with Crippen LogP contribution in [0.5, 0.6) is 0 Å². The Hall–Kier alpha value is -3.22. The molecule has 3 rings (SSSR count). The fraction of sp³-hybridized carbons (Fsp3) is 0.364. The highest BCUT2D eigenvalue weighted by Gasteiger charge is 2.26. The molecule has 29 heavy (non-hydrogen) atoms. The Bertz CT molecular complexity index is 1060. The molecule has 0 saturated carbocycles. The summed E-state index contributed by atoms with van der Waals surface area (Å²) in [6.45, 7) is 10.6. The molecule has 1 aromatic carbocycles. The molecule has 3 aromatic rings. The van der Waals surface area contributed by atoms with E-state index >= 15 is 0 Å². The largest absolute Gasteiger partial charge is 0.478 e. The number of carbonyl (C=O) groups is 2. The maximum Gasteiger partial charge on any atom is 0.337 e. The highest BCUT2D eigenvalue weighted by atomic mass is 16.4. The molecule has 0 unspecified atom stereocenters. The van der Waals surface area contributed by atoms with Gasteiger partial charge < -0.3 is 14.6 Å². The van der Waals surface area contributed by atoms with E-state index in [1.165, 1.54) is 12.3 Å². The number of benzene rings is 1. The van der Waals surface area contributed by atoms with Crippen molar-refractivity contribution < 1.29 is 14.7 Å². The molecule has 0 aliphatic heterocycles. The number of amides is 1. The second-order valence-corrected chi connectivity index (χ2v) is 7.50. The summed E-state index contributed by atoms with van der Waals surface area (Å²) in [4.78, 5) is 35.5. The SMILES string of the molecule is CCn1c(-c2ccccc2C(=O)N(C(C)C)C(C)C)nc2cc(C(=O)O)cnc21. The van der Waals surface area contributed by atoms with Crippen molar-refractivity contribution in [2.75, 3.05) is 0 Å². The number of rotatable bonds is 6. The number of pyridine rings is 1. The Morgan fingerprint density at radius 3 is 2.38 bits per heavy atom. The molecule has 0 saturated heterocycles. The number of fused-ring (bicyclic) bond motifs is 1. The number of aromatic nitrogens is 3. The number of aryl methyl sites for hydroxylation is 1. The van der Waals surface area contributed by atoms with Crippen molar-refractivity contribution in [2.45, 2.75) is 53.2 Å². The van der Waals surface area contributed by atoms with Gasteiger partial charge in [-0.05, 0) is 46.8 Å². The highest BCUT2D eigenvalue weighted by molar-refractivity contribution is 6.01. The number of aromatic carboxylic acids is 1. The van der Waals surface area contributed by atoms with Gasteiger partial charge in [0.1, 0.15) is 11.3 Å². The smallest absolute Gasteiger partial charge is 0.337 e. The molecule has 1 N–H and O–H groups in total. The standard InChI is InChI=1S/C22H26N4O3/c1-6-25-19(24-18-11-15(22(28)29)12-23-20(18)25)16-9-7-8-10-17(16)21(27)26(13(2)3)14(4)5/h7-14H,6H2,1-5H3,(H,28,29). The van der Waals surface area contributed by atoms with E-state index in [2.05, 4.69) is 9.97 Å². The molecule has 2 heterocycles. The summed E-state index contributed by atoms with van der Waals surface area (Å²) < 4.78 is 1.90. The average Bonchev–Trinajstić information content (AvgIpc) is 3.04. The van der Waals surface area contributed by atoms with Crippen LogP contribution in [0.4, 0.5) is 0 Å². The number of nitrogens with zero attached hydrogens (tertiary/aromatic N) is 4. The number of carbonyl (C=O) groups excluding carboxylic acids is 1. The van der Waals surface area contributed by atoms with Crippen LogP contribution < -0.4 is 0 Å². The maximum absolute atomic E-state index is 13.4. The van der Waals surface area contributed by atoms with E-state index < -0.39 is 5.97 Å². The lowest BCUT2D eigenvalue weighted by molar-refractivity contribution is 0.0642. The van der Waals surface area contributed by atoms with Crippen molar-refractivity contribution in [1.29, 1.82) is 0 Å². The second-order valence-electron chi connectivity index (χ2n) is 7.50. The summed E-state index contributed by atoms with van der Waals surface area (Å²) in [5.41, 5.74) is 2.45. The fourth-order valence-corrected chi connectivity index (χ4v) is 3.70. The highest BCUT2D eigenvalue weighted by Crippen LogP contribution is 2.28. The van der Waals surface area contributed by atoms with Gasteiger partial charge in [0.15, 0.2) is 5.65 Å². The van der Waals surface area contributed by atoms with Gasteiger partial charge in [-0.15, -0.1) is 0 Å². The van der Waals surface area contributed by atoms with Crippen LogP contribution in [0, 0.1) is 0 Å². The van der Waals surface area contributed by atoms with Crippen LogP contribution in [0.25, 0.3) is 22.6 Å². The molecule has 152 valence electrons. The van der Waals surface area contributed by atoms with Crippen molar-refractivity contribution in [2.24, 2.45) is 0 Å². The molecule has 2 aromatic heterocycles. The number of hydrogen-bond donors (Lipinski definition) is 1. The van der Waals surface area contributed by atoms with Gasteiger partial charge in [-0.2, -0.15) is 0 Å². The van der Waals surface area contributed by atoms with Gasteiger partial charge in [0.05, 0.1) is 11.1 Å². The first-order chi connectivity index (χ1) is 13.8. The van der Waals surface area contributed by atoms with Gasteiger partial charge in [0.2, 0.25) is 0 Å². The van der Waals surface area contributed by atoms with Crippen molar-refractivity contribution in [3.63, 3.8) is 0 Å². The Labute approximate surface area is 170 Å². The lowest BCUT2D eigenvalue weighted by atomic mass is 10.0. The first-order valence-corrected chi connectivity index (χ1v) is 9.77. The van der Waals surface area contributed by atoms with E-state index in [1.54, 1.807) is 0 Å². The van der Waals surface area contributed by atoms with Gasteiger partial charge in [-0.25, -0.2) is 14.8 Å². The van der Waals surface area contributed by atoms with Crippen LogP contribution in [0.3, 0.4) is 0 Å². The quantitative estimate of drug-likeness (QED) is 0.681. The minimum absolute atomic E-state index is 0.0559. The number of carboxylic acid groups (broad SMARTS) is 1. The van der Waals surface area contributed by atoms with E-state index in [9.17, 15) is 14.7 Å². The van der Waals surface area contributed by atoms with Crippen LogP contribution in [-0.2, 0) is 6.54 Å². The van der Waals surface area contributed by atoms with Crippen LogP contribution >= 0.6 is 0 Å². The third kappa shape index (κ3) is 3.72. The third-order valence-corrected chi connectivity index (χ3v) is 4.89. The van der Waals surface area contributed by atoms with E-state index in [1.807, 2.05) is 68.4 Å². The minimum Gasteiger partial charge on any atom is -0.478 e. The molecule has 0 aliphatic carbocycles. The zero-order chi connectivity index (χ0) is 21.3. The number of hydrogen-bond acceptors (Lipinski definition) is 4. The summed E-state index contributed by atoms with van der Waals surface area (Å²) in [6, 6.07) is 9.02. The Morgan fingerprint density at radius 2 is 1.79 bits per heavy atom. The van der Waals surface area contributed by atoms with Gasteiger partial charge in [0, 0.05) is 30.4 Å². The van der Waals surface area contributed by atoms with Gasteiger partial charge in [-0.1, -0.05) is 18.2 Å². The second kappa shape index (κ2) is 8.03. The van der Waals surface area contributed by atoms with Gasteiger partial charge >= 0.3 is 5.97 Å². The normalized spacial score (nSPS) is 11.4. The van der Waals surface area contributed by atoms with Crippen LogP contribution in [0.15, 0.2) is 36.5 Å². The van der Waals surface area contributed by atoms with Gasteiger partial charge in [-0.3, -0.25) is 4.79 Å². The summed E-state index contributed by atoms with van der Waals surface area (Å²) in [6.07, 6.45) is 1.33. The zero-order valence-electron chi connectivity index (χ0n) is 17.4. The average molecular weight is 394 g/mol. The van der Waals surface area contributed by atoms with E-state index in [4.69, 9.17) is 0 Å². The summed E-state index contributed by atoms with van der Waals surface area (Å²) >= 11 is 0. The predicted octanol–water partition coefficient (Wildman–Crippen LogP) is 4.08. The lowest BCUT2D eigenvalue weighted by Crippen LogP contribution is -2.42. The predicted molar refractivity (Wildman–Crippen MR) is 112 cm³/mol. The van der Waals surface area contributed by atoms with Crippen molar-refractivity contribution >= 4 is 23.0 Å². The Morgan fingerprint density at radius 1 is 1.14 bits per heavy atom. The maximum atomic E-state index is 13.4. The van der Waals surface area contributed by atoms with Crippen molar-refractivity contribution in [1.82, 2.24) is 19.4 Å². The molecule has 7 heteroatoms. The van der Waals surface area contributed by atoms with Crippen LogP contribution in [-0.4, -0.2) is 48.5 Å². The molecule has 0 radical (unpaired) electrons. The topological polar surface area (TPSA) is 88.3 Å². The molecule has 7 nitrogen and oxygen atoms in total. The Kier molecular flexibility index (Phi) is 5.68. The monoisotopic (exact) mass is 394 g/mol. The van der Waals surface area contributed by atoms with E-state index in [0.29, 0.717) is 34.7 Å². The summed E-state index contributed by atoms with van der Waals surface area (Å²) in [5.74, 6) is -0.500. The molecule has 0 fully saturated rings. The molecule has 0 aliphatic rings. The fourth-order valence-electron chi connectivity index (χ4n) is 3.70. The van der Waals surface area contributed by atoms with E-state index in [-0.39, 0.29) is 23.6 Å². The number of carboxylic acids is 1. The van der Waals surface area contributed by atoms with Crippen molar-refractivity contribution in [3.05, 3.63) is 47.7 Å². The minimum atomic E-state index is -1.05. The zero-order valence-corrected chi connectivity index (χ0v) is 17.4. The lowest BCUT2D eigenvalue weighted by Gasteiger charge is -2.31. The first kappa shape index (κ1) is 20.5. The summed E-state index contributed by atoms with van der Waals surface area (Å²) in [5, 5.41) is 9.25. The van der Waals surface area contributed by atoms with Crippen LogP contribution in [0.2, 0.25) is 0 Å². The van der Waals surface area contributed by atoms with E-state index in [0.717, 1.165) is 0 Å². The van der Waals surface area contributed by atoms with Crippen LogP contribution in [0.1, 0.15) is 55.3 Å². The van der Waals surface area contributed by atoms with Crippen molar-refractivity contribution in [3.8, 4) is 11.4 Å². The molecule has 1 amide bonds. The molecular weight excluding hydrogens is 368 g/mol. The van der Waals surface area contributed by atoms with Gasteiger partial charge in [0.25, 0.3) is 5.91 Å². The molecule has 0 bridgehead atoms. The first-order valence-electron chi connectivity index (χ1n) is 9.77. The molecule has 0 spiro atoms. The third-order valence-electron chi connectivity index (χ3n) is 4.89.